The molecule has 1 nitrogen and oxygen atoms in total. The van der Waals surface area contributed by atoms with Gasteiger partial charge < -0.3 is 0 Å². The third kappa shape index (κ3) is 1.17. The Morgan fingerprint density at radius 2 is 2.18 bits per heavy atom. The standard InChI is InChI=1S/C9H8ClN/c1-6-4-7-2-3-8(10)5-9(7)11-6/h2-5,11H,1H3/p+1. The lowest BCUT2D eigenvalue weighted by Crippen LogP contribution is -2.73. The summed E-state index contributed by atoms with van der Waals surface area (Å²) in [7, 11) is 0. The van der Waals surface area contributed by atoms with Crippen molar-refractivity contribution in [3.8, 4) is 0 Å². The second-order valence-corrected chi connectivity index (χ2v) is 3.24. The first-order chi connectivity index (χ1) is 5.25. The fourth-order valence-electron chi connectivity index (χ4n) is 1.33. The van der Waals surface area contributed by atoms with Gasteiger partial charge in [-0.05, 0) is 12.1 Å². The van der Waals surface area contributed by atoms with Crippen molar-refractivity contribution in [3.05, 3.63) is 34.5 Å². The van der Waals surface area contributed by atoms with Crippen molar-refractivity contribution in [2.75, 3.05) is 0 Å². The Bertz CT molecular complexity index is 328. The molecule has 2 heteroatoms. The minimum Gasteiger partial charge on any atom is -0.285 e. The fourth-order valence-corrected chi connectivity index (χ4v) is 1.51. The van der Waals surface area contributed by atoms with Crippen molar-refractivity contribution in [3.63, 3.8) is 0 Å². The van der Waals surface area contributed by atoms with E-state index in [0.717, 1.165) is 5.02 Å². The highest BCUT2D eigenvalue weighted by Gasteiger charge is 2.13. The van der Waals surface area contributed by atoms with Crippen LogP contribution in [0.4, 0.5) is 5.69 Å². The first kappa shape index (κ1) is 6.89. The quantitative estimate of drug-likeness (QED) is 0.567. The molecule has 0 radical (unpaired) electrons. The molecule has 0 saturated carbocycles. The lowest BCUT2D eigenvalue weighted by molar-refractivity contribution is -0.512. The van der Waals surface area contributed by atoms with Crippen molar-refractivity contribution in [1.82, 2.24) is 0 Å². The van der Waals surface area contributed by atoms with E-state index in [-0.39, 0.29) is 0 Å². The molecule has 1 heterocycles. The predicted molar refractivity (Wildman–Crippen MR) is 46.7 cm³/mol. The molecule has 0 unspecified atom stereocenters. The maximum Gasteiger partial charge on any atom is 0.143 e. The van der Waals surface area contributed by atoms with Crippen molar-refractivity contribution in [1.29, 1.82) is 0 Å². The summed E-state index contributed by atoms with van der Waals surface area (Å²) in [4.78, 5) is 0. The smallest absolute Gasteiger partial charge is 0.143 e. The number of hydrogen-bond acceptors (Lipinski definition) is 0. The van der Waals surface area contributed by atoms with Gasteiger partial charge in [0.05, 0.1) is 0 Å². The molecule has 0 aromatic heterocycles. The average Bonchev–Trinajstić information content (AvgIpc) is 2.27. The van der Waals surface area contributed by atoms with Crippen LogP contribution < -0.4 is 5.32 Å². The Kier molecular flexibility index (Phi) is 1.48. The lowest BCUT2D eigenvalue weighted by Gasteiger charge is -1.94. The Labute approximate surface area is 70.7 Å². The van der Waals surface area contributed by atoms with Gasteiger partial charge in [0.2, 0.25) is 0 Å². The Morgan fingerprint density at radius 3 is 3.00 bits per heavy atom. The number of allylic oxidation sites excluding steroid dienone is 1. The summed E-state index contributed by atoms with van der Waals surface area (Å²) < 4.78 is 0. The zero-order valence-corrected chi connectivity index (χ0v) is 7.02. The van der Waals surface area contributed by atoms with Crippen LogP contribution in [-0.4, -0.2) is 0 Å². The van der Waals surface area contributed by atoms with Gasteiger partial charge in [0, 0.05) is 29.7 Å². The van der Waals surface area contributed by atoms with Crippen LogP contribution in [0.1, 0.15) is 12.5 Å². The molecule has 1 aromatic rings. The maximum atomic E-state index is 5.83. The molecule has 0 aliphatic carbocycles. The van der Waals surface area contributed by atoms with E-state index in [1.807, 2.05) is 18.2 Å². The van der Waals surface area contributed by atoms with Crippen LogP contribution in [0.3, 0.4) is 0 Å². The number of quaternary nitrogens is 1. The van der Waals surface area contributed by atoms with Gasteiger partial charge in [-0.2, -0.15) is 0 Å². The number of fused-ring (bicyclic) bond motifs is 1. The number of benzene rings is 1. The van der Waals surface area contributed by atoms with E-state index in [1.165, 1.54) is 16.9 Å². The van der Waals surface area contributed by atoms with Gasteiger partial charge in [-0.3, -0.25) is 5.32 Å². The molecular formula is C9H9ClN+. The van der Waals surface area contributed by atoms with Crippen LogP contribution in [-0.2, 0) is 0 Å². The highest BCUT2D eigenvalue weighted by atomic mass is 35.5. The van der Waals surface area contributed by atoms with Gasteiger partial charge >= 0.3 is 0 Å². The molecule has 0 bridgehead atoms. The van der Waals surface area contributed by atoms with Crippen LogP contribution >= 0.6 is 11.6 Å². The Morgan fingerprint density at radius 1 is 1.36 bits per heavy atom. The van der Waals surface area contributed by atoms with Gasteiger partial charge in [0.25, 0.3) is 0 Å². The average molecular weight is 167 g/mol. The van der Waals surface area contributed by atoms with E-state index in [4.69, 9.17) is 11.6 Å². The number of hydrogen-bond donors (Lipinski definition) is 1. The van der Waals surface area contributed by atoms with Crippen molar-refractivity contribution < 1.29 is 5.32 Å². The first-order valence-electron chi connectivity index (χ1n) is 3.58. The lowest BCUT2D eigenvalue weighted by atomic mass is 10.2. The monoisotopic (exact) mass is 166 g/mol. The van der Waals surface area contributed by atoms with Crippen LogP contribution in [0.5, 0.6) is 0 Å². The summed E-state index contributed by atoms with van der Waals surface area (Å²) >= 11 is 5.83. The molecule has 0 atom stereocenters. The van der Waals surface area contributed by atoms with E-state index >= 15 is 0 Å². The van der Waals surface area contributed by atoms with E-state index < -0.39 is 0 Å². The van der Waals surface area contributed by atoms with Crippen molar-refractivity contribution >= 4 is 23.4 Å². The van der Waals surface area contributed by atoms with Crippen LogP contribution in [0.15, 0.2) is 23.9 Å². The van der Waals surface area contributed by atoms with Crippen LogP contribution in [0, 0.1) is 0 Å². The van der Waals surface area contributed by atoms with Gasteiger partial charge in [0.1, 0.15) is 11.4 Å². The third-order valence-electron chi connectivity index (χ3n) is 1.82. The molecule has 1 aliphatic rings. The highest BCUT2D eigenvalue weighted by molar-refractivity contribution is 6.30. The highest BCUT2D eigenvalue weighted by Crippen LogP contribution is 2.22. The topological polar surface area (TPSA) is 16.6 Å². The molecule has 0 saturated heterocycles. The molecule has 1 aromatic carbocycles. The second-order valence-electron chi connectivity index (χ2n) is 2.81. The van der Waals surface area contributed by atoms with Crippen molar-refractivity contribution in [2.24, 2.45) is 0 Å². The molecule has 0 fully saturated rings. The summed E-state index contributed by atoms with van der Waals surface area (Å²) in [5, 5.41) is 2.95. The SMILES string of the molecule is CC1=Cc2ccc(Cl)cc2[NH2+]1. The van der Waals surface area contributed by atoms with Crippen LogP contribution in [0.2, 0.25) is 5.02 Å². The summed E-state index contributed by atoms with van der Waals surface area (Å²) in [5.74, 6) is 0. The summed E-state index contributed by atoms with van der Waals surface area (Å²) in [6.45, 7) is 2.09. The summed E-state index contributed by atoms with van der Waals surface area (Å²) in [6, 6.07) is 5.96. The molecule has 11 heavy (non-hydrogen) atoms. The summed E-state index contributed by atoms with van der Waals surface area (Å²) in [6.07, 6.45) is 2.16. The zero-order valence-electron chi connectivity index (χ0n) is 6.26. The molecule has 0 spiro atoms. The third-order valence-corrected chi connectivity index (χ3v) is 2.05. The number of halogens is 1. The van der Waals surface area contributed by atoms with Gasteiger partial charge in [-0.1, -0.05) is 11.6 Å². The Hall–Kier alpha value is -0.790. The molecule has 2 rings (SSSR count). The van der Waals surface area contributed by atoms with Gasteiger partial charge in [-0.25, -0.2) is 0 Å². The molecular weight excluding hydrogens is 158 g/mol. The van der Waals surface area contributed by atoms with Crippen molar-refractivity contribution in [2.45, 2.75) is 6.92 Å². The fraction of sp³-hybridized carbons (Fsp3) is 0.111. The number of rotatable bonds is 0. The minimum atomic E-state index is 0.808. The minimum absolute atomic E-state index is 0.808. The Balaban J connectivity index is 2.52. The van der Waals surface area contributed by atoms with E-state index in [0.29, 0.717) is 0 Å². The largest absolute Gasteiger partial charge is 0.285 e. The molecule has 0 amide bonds. The zero-order chi connectivity index (χ0) is 7.84. The van der Waals surface area contributed by atoms with E-state index in [1.54, 1.807) is 0 Å². The maximum absolute atomic E-state index is 5.83. The molecule has 1 aliphatic heterocycles. The van der Waals surface area contributed by atoms with Crippen LogP contribution in [0.25, 0.3) is 6.08 Å². The number of nitrogens with two attached hydrogens (primary N) is 1. The van der Waals surface area contributed by atoms with E-state index in [9.17, 15) is 0 Å². The van der Waals surface area contributed by atoms with Gasteiger partial charge in [0.15, 0.2) is 0 Å². The van der Waals surface area contributed by atoms with Gasteiger partial charge in [-0.15, -0.1) is 0 Å². The first-order valence-corrected chi connectivity index (χ1v) is 3.96. The summed E-state index contributed by atoms with van der Waals surface area (Å²) in [5.41, 5.74) is 3.80. The normalized spacial score (nSPS) is 14.5. The van der Waals surface area contributed by atoms with E-state index in [2.05, 4.69) is 18.3 Å². The molecule has 2 N–H and O–H groups in total. The predicted octanol–water partition coefficient (Wildman–Crippen LogP) is 1.91. The molecule has 56 valence electrons. The second kappa shape index (κ2) is 2.36.